The van der Waals surface area contributed by atoms with Crippen LogP contribution in [0.15, 0.2) is 30.6 Å². The largest absolute Gasteiger partial charge is 0.494 e. The van der Waals surface area contributed by atoms with E-state index in [4.69, 9.17) is 4.74 Å². The van der Waals surface area contributed by atoms with Gasteiger partial charge in [0.15, 0.2) is 11.6 Å². The lowest BCUT2D eigenvalue weighted by Crippen LogP contribution is -2.11. The van der Waals surface area contributed by atoms with Crippen molar-refractivity contribution in [1.29, 1.82) is 0 Å². The lowest BCUT2D eigenvalue weighted by atomic mass is 10.2. The average molecular weight is 235 g/mol. The minimum Gasteiger partial charge on any atom is -0.494 e. The fourth-order valence-corrected chi connectivity index (χ4v) is 1.33. The number of rotatable bonds is 3. The van der Waals surface area contributed by atoms with Crippen LogP contribution in [0.5, 0.6) is 5.75 Å². The van der Waals surface area contributed by atoms with Crippen LogP contribution in [0.1, 0.15) is 10.4 Å². The van der Waals surface area contributed by atoms with Crippen LogP contribution >= 0.6 is 0 Å². The van der Waals surface area contributed by atoms with Crippen molar-refractivity contribution in [1.82, 2.24) is 10.2 Å². The third kappa shape index (κ3) is 2.41. The number of nitrogens with zero attached hydrogens (tertiary/aromatic N) is 1. The van der Waals surface area contributed by atoms with Crippen LogP contribution in [0, 0.1) is 5.82 Å². The molecule has 2 rings (SSSR count). The molecule has 0 unspecified atom stereocenters. The zero-order chi connectivity index (χ0) is 12.3. The maximum atomic E-state index is 13.4. The molecule has 0 saturated heterocycles. The molecule has 5 nitrogen and oxygen atoms in total. The van der Waals surface area contributed by atoms with E-state index in [1.54, 1.807) is 0 Å². The first-order chi connectivity index (χ1) is 8.20. The van der Waals surface area contributed by atoms with Gasteiger partial charge in [-0.25, -0.2) is 4.39 Å². The molecule has 0 atom stereocenters. The number of amides is 1. The van der Waals surface area contributed by atoms with Crippen molar-refractivity contribution >= 4 is 11.6 Å². The number of ether oxygens (including phenoxy) is 1. The highest BCUT2D eigenvalue weighted by Crippen LogP contribution is 2.18. The zero-order valence-electron chi connectivity index (χ0n) is 9.03. The average Bonchev–Trinajstić information content (AvgIpc) is 2.81. The lowest BCUT2D eigenvalue weighted by molar-refractivity contribution is 0.102. The molecule has 1 heterocycles. The second-order valence-corrected chi connectivity index (χ2v) is 3.29. The molecule has 88 valence electrons. The van der Waals surface area contributed by atoms with E-state index in [1.165, 1.54) is 31.6 Å². The third-order valence-electron chi connectivity index (χ3n) is 2.17. The van der Waals surface area contributed by atoms with Crippen LogP contribution < -0.4 is 10.1 Å². The molecule has 17 heavy (non-hydrogen) atoms. The van der Waals surface area contributed by atoms with Crippen molar-refractivity contribution in [3.63, 3.8) is 0 Å². The van der Waals surface area contributed by atoms with Crippen molar-refractivity contribution in [2.24, 2.45) is 0 Å². The summed E-state index contributed by atoms with van der Waals surface area (Å²) in [7, 11) is 1.36. The van der Waals surface area contributed by atoms with E-state index in [-0.39, 0.29) is 11.3 Å². The van der Waals surface area contributed by atoms with Gasteiger partial charge in [-0.15, -0.1) is 0 Å². The van der Waals surface area contributed by atoms with E-state index in [9.17, 15) is 9.18 Å². The van der Waals surface area contributed by atoms with Gasteiger partial charge in [-0.05, 0) is 18.2 Å². The predicted octanol–water partition coefficient (Wildman–Crippen LogP) is 1.81. The molecule has 0 bridgehead atoms. The molecule has 1 aromatic heterocycles. The Morgan fingerprint density at radius 2 is 2.35 bits per heavy atom. The number of hydrogen-bond donors (Lipinski definition) is 2. The summed E-state index contributed by atoms with van der Waals surface area (Å²) in [5, 5.41) is 8.80. The number of nitrogens with one attached hydrogen (secondary N) is 2. The monoisotopic (exact) mass is 235 g/mol. The summed E-state index contributed by atoms with van der Waals surface area (Å²) in [5.41, 5.74) is 0.732. The number of aromatic nitrogens is 2. The quantitative estimate of drug-likeness (QED) is 0.852. The Balaban J connectivity index is 2.17. The van der Waals surface area contributed by atoms with Gasteiger partial charge in [-0.3, -0.25) is 9.89 Å². The molecule has 1 amide bonds. The minimum atomic E-state index is -0.577. The first-order valence-corrected chi connectivity index (χ1v) is 4.84. The number of carbonyl (C=O) groups is 1. The molecule has 0 saturated carbocycles. The van der Waals surface area contributed by atoms with Gasteiger partial charge < -0.3 is 10.1 Å². The molecule has 0 spiro atoms. The van der Waals surface area contributed by atoms with Crippen LogP contribution in [-0.4, -0.2) is 23.2 Å². The van der Waals surface area contributed by atoms with Gasteiger partial charge in [-0.1, -0.05) is 0 Å². The van der Waals surface area contributed by atoms with Gasteiger partial charge in [0.05, 0.1) is 19.0 Å². The summed E-state index contributed by atoms with van der Waals surface area (Å²) in [6.45, 7) is 0. The molecule has 2 N–H and O–H groups in total. The Kier molecular flexibility index (Phi) is 3.04. The molecular weight excluding hydrogens is 225 g/mol. The van der Waals surface area contributed by atoms with Crippen LogP contribution in [0.4, 0.5) is 10.1 Å². The minimum absolute atomic E-state index is 0.102. The number of halogens is 1. The molecule has 0 aliphatic rings. The maximum absolute atomic E-state index is 13.4. The maximum Gasteiger partial charge on any atom is 0.255 e. The smallest absolute Gasteiger partial charge is 0.255 e. The number of H-pyrrole nitrogens is 1. The highest BCUT2D eigenvalue weighted by atomic mass is 19.1. The summed E-state index contributed by atoms with van der Waals surface area (Å²) >= 11 is 0. The molecule has 0 fully saturated rings. The van der Waals surface area contributed by atoms with E-state index < -0.39 is 11.7 Å². The summed E-state index contributed by atoms with van der Waals surface area (Å²) in [6, 6.07) is 4.01. The van der Waals surface area contributed by atoms with Gasteiger partial charge in [-0.2, -0.15) is 5.10 Å². The second-order valence-electron chi connectivity index (χ2n) is 3.29. The number of anilines is 1. The molecule has 2 aromatic rings. The zero-order valence-corrected chi connectivity index (χ0v) is 9.03. The molecular formula is C11H10FN3O2. The van der Waals surface area contributed by atoms with Gasteiger partial charge >= 0.3 is 0 Å². The van der Waals surface area contributed by atoms with Gasteiger partial charge in [0.1, 0.15) is 0 Å². The Hall–Kier alpha value is -2.37. The van der Waals surface area contributed by atoms with Crippen LogP contribution in [0.25, 0.3) is 0 Å². The van der Waals surface area contributed by atoms with Crippen molar-refractivity contribution in [3.8, 4) is 5.75 Å². The van der Waals surface area contributed by atoms with E-state index in [1.807, 2.05) is 0 Å². The highest BCUT2D eigenvalue weighted by Gasteiger charge is 2.10. The second kappa shape index (κ2) is 4.65. The van der Waals surface area contributed by atoms with E-state index in [2.05, 4.69) is 15.5 Å². The Bertz CT molecular complexity index is 526. The Morgan fingerprint density at radius 3 is 2.94 bits per heavy atom. The Morgan fingerprint density at radius 1 is 1.53 bits per heavy atom. The van der Waals surface area contributed by atoms with E-state index in [0.29, 0.717) is 5.69 Å². The molecule has 0 aliphatic heterocycles. The summed E-state index contributed by atoms with van der Waals surface area (Å²) < 4.78 is 18.1. The highest BCUT2D eigenvalue weighted by molar-refractivity contribution is 6.04. The summed E-state index contributed by atoms with van der Waals surface area (Å²) in [5.74, 6) is -0.884. The first kappa shape index (κ1) is 11.1. The predicted molar refractivity (Wildman–Crippen MR) is 59.5 cm³/mol. The topological polar surface area (TPSA) is 67.0 Å². The van der Waals surface area contributed by atoms with Gasteiger partial charge in [0.25, 0.3) is 5.91 Å². The van der Waals surface area contributed by atoms with Crippen molar-refractivity contribution in [2.75, 3.05) is 12.4 Å². The van der Waals surface area contributed by atoms with Crippen LogP contribution in [0.2, 0.25) is 0 Å². The fourth-order valence-electron chi connectivity index (χ4n) is 1.33. The van der Waals surface area contributed by atoms with Crippen LogP contribution in [0.3, 0.4) is 0 Å². The Labute approximate surface area is 96.6 Å². The summed E-state index contributed by atoms with van der Waals surface area (Å²) in [4.78, 5) is 11.7. The first-order valence-electron chi connectivity index (χ1n) is 4.84. The van der Waals surface area contributed by atoms with Crippen molar-refractivity contribution < 1.29 is 13.9 Å². The van der Waals surface area contributed by atoms with Gasteiger partial charge in [0, 0.05) is 11.8 Å². The van der Waals surface area contributed by atoms with E-state index >= 15 is 0 Å². The summed E-state index contributed by atoms with van der Waals surface area (Å²) in [6.07, 6.45) is 2.98. The lowest BCUT2D eigenvalue weighted by Gasteiger charge is -2.05. The van der Waals surface area contributed by atoms with Crippen molar-refractivity contribution in [3.05, 3.63) is 42.0 Å². The van der Waals surface area contributed by atoms with Gasteiger partial charge in [0.2, 0.25) is 0 Å². The number of benzene rings is 1. The third-order valence-corrected chi connectivity index (χ3v) is 2.17. The SMILES string of the molecule is COc1ccc(C(=O)Nc2cn[nH]c2)cc1F. The molecule has 6 heteroatoms. The van der Waals surface area contributed by atoms with Crippen molar-refractivity contribution in [2.45, 2.75) is 0 Å². The normalized spacial score (nSPS) is 10.0. The molecule has 0 aliphatic carbocycles. The number of hydrogen-bond acceptors (Lipinski definition) is 3. The van der Waals surface area contributed by atoms with Crippen LogP contribution in [-0.2, 0) is 0 Å². The number of methoxy groups -OCH3 is 1. The standard InChI is InChI=1S/C11H10FN3O2/c1-17-10-3-2-7(4-9(10)12)11(16)15-8-5-13-14-6-8/h2-6H,1H3,(H,13,14)(H,15,16). The fraction of sp³-hybridized carbons (Fsp3) is 0.0909. The number of carbonyl (C=O) groups excluding carboxylic acids is 1. The number of aromatic amines is 1. The van der Waals surface area contributed by atoms with E-state index in [0.717, 1.165) is 6.07 Å². The molecule has 1 aromatic carbocycles. The molecule has 0 radical (unpaired) electrons.